The molecule has 0 saturated heterocycles. The molecule has 1 rings (SSSR count). The summed E-state index contributed by atoms with van der Waals surface area (Å²) in [5, 5.41) is 8.08. The quantitative estimate of drug-likeness (QED) is 0.814. The Balaban J connectivity index is 2.73. The number of halogens is 1. The van der Waals surface area contributed by atoms with Crippen LogP contribution in [0.25, 0.3) is 0 Å². The molecule has 0 aliphatic heterocycles. The lowest BCUT2D eigenvalue weighted by Crippen LogP contribution is -2.38. The Morgan fingerprint density at radius 1 is 1.53 bits per heavy atom. The molecule has 1 unspecified atom stereocenters. The summed E-state index contributed by atoms with van der Waals surface area (Å²) in [4.78, 5) is 11.7. The Morgan fingerprint density at radius 2 is 2.16 bits per heavy atom. The number of esters is 1. The van der Waals surface area contributed by atoms with E-state index < -0.39 is 0 Å². The number of methoxy groups -OCH3 is 1. The van der Waals surface area contributed by atoms with Crippen LogP contribution in [0.4, 0.5) is 0 Å². The second kappa shape index (κ2) is 6.91. The van der Waals surface area contributed by atoms with Crippen molar-refractivity contribution in [1.29, 1.82) is 0 Å². The zero-order chi connectivity index (χ0) is 14.6. The number of nitrogens with zero attached hydrogens (tertiary/aromatic N) is 2. The van der Waals surface area contributed by atoms with E-state index in [1.54, 1.807) is 4.68 Å². The number of ether oxygens (including phenoxy) is 1. The summed E-state index contributed by atoms with van der Waals surface area (Å²) in [6, 6.07) is -0.323. The molecule has 0 aliphatic rings. The highest BCUT2D eigenvalue weighted by molar-refractivity contribution is 6.31. The monoisotopic (exact) mass is 287 g/mol. The zero-order valence-corrected chi connectivity index (χ0v) is 12.9. The van der Waals surface area contributed by atoms with Crippen molar-refractivity contribution >= 4 is 17.6 Å². The number of aryl methyl sites for hydroxylation is 2. The first-order valence-corrected chi connectivity index (χ1v) is 6.73. The summed E-state index contributed by atoms with van der Waals surface area (Å²) in [5.41, 5.74) is 1.66. The fourth-order valence-corrected chi connectivity index (χ4v) is 2.20. The Kier molecular flexibility index (Phi) is 5.82. The van der Waals surface area contributed by atoms with Crippen molar-refractivity contribution in [2.24, 2.45) is 13.0 Å². The second-order valence-corrected chi connectivity index (χ2v) is 5.43. The van der Waals surface area contributed by atoms with Gasteiger partial charge in [0.1, 0.15) is 6.04 Å². The van der Waals surface area contributed by atoms with Crippen LogP contribution in [-0.4, -0.2) is 28.9 Å². The van der Waals surface area contributed by atoms with Crippen molar-refractivity contribution in [3.63, 3.8) is 0 Å². The molecule has 19 heavy (non-hydrogen) atoms. The van der Waals surface area contributed by atoms with Crippen molar-refractivity contribution in [3.8, 4) is 0 Å². The Morgan fingerprint density at radius 3 is 2.58 bits per heavy atom. The maximum absolute atomic E-state index is 11.7. The minimum absolute atomic E-state index is 0.247. The highest BCUT2D eigenvalue weighted by Gasteiger charge is 2.21. The lowest BCUT2D eigenvalue weighted by atomic mass is 10.0. The highest BCUT2D eigenvalue weighted by Crippen LogP contribution is 2.19. The van der Waals surface area contributed by atoms with E-state index in [0.29, 0.717) is 17.5 Å². The summed E-state index contributed by atoms with van der Waals surface area (Å²) >= 11 is 6.18. The summed E-state index contributed by atoms with van der Waals surface area (Å²) in [5.74, 6) is 0.157. The third kappa shape index (κ3) is 4.21. The SMILES string of the molecule is COC(=O)C(CC(C)C)NCc1c(Cl)c(C)nn1C. The minimum atomic E-state index is -0.323. The van der Waals surface area contributed by atoms with Gasteiger partial charge in [0, 0.05) is 13.6 Å². The van der Waals surface area contributed by atoms with E-state index in [9.17, 15) is 4.79 Å². The van der Waals surface area contributed by atoms with Gasteiger partial charge in [-0.3, -0.25) is 14.8 Å². The number of nitrogens with one attached hydrogen (secondary N) is 1. The van der Waals surface area contributed by atoms with Gasteiger partial charge in [0.05, 0.1) is 23.5 Å². The van der Waals surface area contributed by atoms with Crippen LogP contribution in [0.2, 0.25) is 5.02 Å². The molecule has 5 nitrogen and oxygen atoms in total. The van der Waals surface area contributed by atoms with E-state index in [4.69, 9.17) is 16.3 Å². The first-order valence-electron chi connectivity index (χ1n) is 6.36. The van der Waals surface area contributed by atoms with E-state index in [2.05, 4.69) is 24.3 Å². The van der Waals surface area contributed by atoms with Crippen LogP contribution < -0.4 is 5.32 Å². The van der Waals surface area contributed by atoms with Gasteiger partial charge in [-0.15, -0.1) is 0 Å². The highest BCUT2D eigenvalue weighted by atomic mass is 35.5. The molecule has 0 spiro atoms. The van der Waals surface area contributed by atoms with Crippen molar-refractivity contribution in [2.45, 2.75) is 39.8 Å². The molecule has 0 fully saturated rings. The predicted octanol–water partition coefficient (Wildman–Crippen LogP) is 2.06. The van der Waals surface area contributed by atoms with Gasteiger partial charge >= 0.3 is 5.97 Å². The van der Waals surface area contributed by atoms with Gasteiger partial charge in [-0.2, -0.15) is 5.10 Å². The lowest BCUT2D eigenvalue weighted by molar-refractivity contribution is -0.143. The van der Waals surface area contributed by atoms with Gasteiger partial charge in [0.15, 0.2) is 0 Å². The van der Waals surface area contributed by atoms with E-state index in [-0.39, 0.29) is 12.0 Å². The molecule has 0 amide bonds. The number of hydrogen-bond acceptors (Lipinski definition) is 4. The summed E-state index contributed by atoms with van der Waals surface area (Å²) < 4.78 is 6.54. The molecular weight excluding hydrogens is 266 g/mol. The molecule has 1 heterocycles. The number of rotatable bonds is 6. The first-order chi connectivity index (χ1) is 8.86. The van der Waals surface area contributed by atoms with Crippen molar-refractivity contribution < 1.29 is 9.53 Å². The van der Waals surface area contributed by atoms with E-state index in [0.717, 1.165) is 17.8 Å². The van der Waals surface area contributed by atoms with Crippen molar-refractivity contribution in [3.05, 3.63) is 16.4 Å². The van der Waals surface area contributed by atoms with E-state index in [1.807, 2.05) is 14.0 Å². The van der Waals surface area contributed by atoms with Crippen molar-refractivity contribution in [2.75, 3.05) is 7.11 Å². The second-order valence-electron chi connectivity index (χ2n) is 5.06. The van der Waals surface area contributed by atoms with E-state index in [1.165, 1.54) is 7.11 Å². The van der Waals surface area contributed by atoms with Gasteiger partial charge < -0.3 is 4.74 Å². The third-order valence-corrected chi connectivity index (χ3v) is 3.46. The smallest absolute Gasteiger partial charge is 0.322 e. The van der Waals surface area contributed by atoms with Crippen LogP contribution in [0.5, 0.6) is 0 Å². The largest absolute Gasteiger partial charge is 0.468 e. The number of aromatic nitrogens is 2. The molecule has 0 saturated carbocycles. The number of carbonyl (C=O) groups excluding carboxylic acids is 1. The van der Waals surface area contributed by atoms with E-state index >= 15 is 0 Å². The molecule has 0 aromatic carbocycles. The van der Waals surface area contributed by atoms with Crippen LogP contribution in [-0.2, 0) is 23.1 Å². The van der Waals surface area contributed by atoms with Crippen LogP contribution in [0.1, 0.15) is 31.7 Å². The van der Waals surface area contributed by atoms with Crippen LogP contribution in [0, 0.1) is 12.8 Å². The van der Waals surface area contributed by atoms with Gasteiger partial charge in [0.2, 0.25) is 0 Å². The number of hydrogen-bond donors (Lipinski definition) is 1. The summed E-state index contributed by atoms with van der Waals surface area (Å²) in [7, 11) is 3.24. The maximum atomic E-state index is 11.7. The van der Waals surface area contributed by atoms with Gasteiger partial charge in [-0.1, -0.05) is 25.4 Å². The standard InChI is InChI=1S/C13H22ClN3O2/c1-8(2)6-10(13(18)19-5)15-7-11-12(14)9(3)16-17(11)4/h8,10,15H,6-7H2,1-5H3. The zero-order valence-electron chi connectivity index (χ0n) is 12.2. The van der Waals surface area contributed by atoms with Crippen molar-refractivity contribution in [1.82, 2.24) is 15.1 Å². The topological polar surface area (TPSA) is 56.1 Å². The number of carbonyl (C=O) groups is 1. The molecule has 1 aromatic rings. The van der Waals surface area contributed by atoms with Gasteiger partial charge in [0.25, 0.3) is 0 Å². The Bertz CT molecular complexity index is 443. The third-order valence-electron chi connectivity index (χ3n) is 2.97. The van der Waals surface area contributed by atoms with Crippen LogP contribution in [0.15, 0.2) is 0 Å². The Hall–Kier alpha value is -1.07. The maximum Gasteiger partial charge on any atom is 0.322 e. The molecule has 0 bridgehead atoms. The molecule has 1 N–H and O–H groups in total. The Labute approximate surface area is 119 Å². The molecular formula is C13H22ClN3O2. The summed E-state index contributed by atoms with van der Waals surface area (Å²) in [6.07, 6.45) is 0.723. The van der Waals surface area contributed by atoms with Gasteiger partial charge in [-0.05, 0) is 19.3 Å². The normalized spacial score (nSPS) is 12.8. The fourth-order valence-electron chi connectivity index (χ4n) is 1.97. The minimum Gasteiger partial charge on any atom is -0.468 e. The lowest BCUT2D eigenvalue weighted by Gasteiger charge is -2.18. The molecule has 6 heteroatoms. The molecule has 1 atom stereocenters. The predicted molar refractivity (Wildman–Crippen MR) is 75.1 cm³/mol. The average Bonchev–Trinajstić information content (AvgIpc) is 2.58. The fraction of sp³-hybridized carbons (Fsp3) is 0.692. The van der Waals surface area contributed by atoms with Crippen LogP contribution in [0.3, 0.4) is 0 Å². The molecule has 0 radical (unpaired) electrons. The first kappa shape index (κ1) is 16.0. The average molecular weight is 288 g/mol. The summed E-state index contributed by atoms with van der Waals surface area (Å²) in [6.45, 7) is 6.48. The molecule has 1 aromatic heterocycles. The molecule has 108 valence electrons. The molecule has 0 aliphatic carbocycles. The van der Waals surface area contributed by atoms with Gasteiger partial charge in [-0.25, -0.2) is 0 Å². The van der Waals surface area contributed by atoms with Crippen LogP contribution >= 0.6 is 11.6 Å².